The van der Waals surface area contributed by atoms with E-state index in [-0.39, 0.29) is 11.5 Å². The lowest BCUT2D eigenvalue weighted by molar-refractivity contribution is -0.134. The molecule has 0 amide bonds. The lowest BCUT2D eigenvalue weighted by Crippen LogP contribution is -2.16. The molecule has 1 aliphatic carbocycles. The lowest BCUT2D eigenvalue weighted by atomic mass is 9.92. The summed E-state index contributed by atoms with van der Waals surface area (Å²) in [7, 11) is 0. The molecule has 2 rings (SSSR count). The number of ether oxygens (including phenoxy) is 1. The zero-order valence-electron chi connectivity index (χ0n) is 11.4. The molecule has 18 heavy (non-hydrogen) atoms. The fraction of sp³-hybridized carbons (Fsp3) is 0.714. The van der Waals surface area contributed by atoms with Gasteiger partial charge in [0.05, 0.1) is 5.69 Å². The van der Waals surface area contributed by atoms with Gasteiger partial charge in [0.25, 0.3) is 6.47 Å². The third kappa shape index (κ3) is 3.59. The third-order valence-electron chi connectivity index (χ3n) is 3.39. The molecule has 4 nitrogen and oxygen atoms in total. The van der Waals surface area contributed by atoms with Crippen molar-refractivity contribution >= 4 is 6.47 Å². The average molecular weight is 250 g/mol. The highest BCUT2D eigenvalue weighted by molar-refractivity contribution is 5.37. The van der Waals surface area contributed by atoms with Crippen LogP contribution in [0.5, 0.6) is 0 Å². The fourth-order valence-electron chi connectivity index (χ4n) is 2.09. The van der Waals surface area contributed by atoms with E-state index in [2.05, 4.69) is 37.0 Å². The predicted octanol–water partition coefficient (Wildman–Crippen LogP) is 2.59. The first-order valence-corrected chi connectivity index (χ1v) is 6.63. The highest BCUT2D eigenvalue weighted by atomic mass is 16.5. The molecule has 1 N–H and O–H groups in total. The van der Waals surface area contributed by atoms with Gasteiger partial charge in [-0.15, -0.1) is 0 Å². The summed E-state index contributed by atoms with van der Waals surface area (Å²) in [6.45, 7) is 6.97. The van der Waals surface area contributed by atoms with E-state index in [0.29, 0.717) is 6.47 Å². The molecule has 1 unspecified atom stereocenters. The van der Waals surface area contributed by atoms with E-state index in [1.807, 2.05) is 0 Å². The van der Waals surface area contributed by atoms with E-state index in [9.17, 15) is 4.79 Å². The van der Waals surface area contributed by atoms with Crippen LogP contribution in [0.15, 0.2) is 6.07 Å². The molecule has 0 saturated heterocycles. The van der Waals surface area contributed by atoms with E-state index < -0.39 is 0 Å². The molecule has 0 aromatic carbocycles. The molecule has 0 radical (unpaired) electrons. The molecule has 1 aliphatic rings. The van der Waals surface area contributed by atoms with Gasteiger partial charge in [-0.05, 0) is 18.4 Å². The fourth-order valence-corrected chi connectivity index (χ4v) is 2.09. The Hall–Kier alpha value is -1.32. The first kappa shape index (κ1) is 13.1. The Morgan fingerprint density at radius 2 is 2.28 bits per heavy atom. The summed E-state index contributed by atoms with van der Waals surface area (Å²) in [4.78, 5) is 10.5. The maximum absolute atomic E-state index is 10.5. The van der Waals surface area contributed by atoms with Crippen molar-refractivity contribution in [1.82, 2.24) is 10.2 Å². The van der Waals surface area contributed by atoms with E-state index in [0.717, 1.165) is 30.1 Å². The SMILES string of the molecule is CC(C)(C)c1cc(CC(CC2CC2)OC=O)[nH]n1. The highest BCUT2D eigenvalue weighted by Gasteiger charge is 2.27. The van der Waals surface area contributed by atoms with Gasteiger partial charge in [-0.2, -0.15) is 5.10 Å². The number of carbonyl (C=O) groups is 1. The molecule has 1 fully saturated rings. The molecule has 0 bridgehead atoms. The minimum absolute atomic E-state index is 0.0109. The molecule has 100 valence electrons. The summed E-state index contributed by atoms with van der Waals surface area (Å²) in [6.07, 6.45) is 4.24. The largest absolute Gasteiger partial charge is 0.464 e. The third-order valence-corrected chi connectivity index (χ3v) is 3.39. The molecule has 1 heterocycles. The van der Waals surface area contributed by atoms with Crippen LogP contribution in [0.4, 0.5) is 0 Å². The normalized spacial score (nSPS) is 17.5. The monoisotopic (exact) mass is 250 g/mol. The number of aromatic nitrogens is 2. The summed E-state index contributed by atoms with van der Waals surface area (Å²) in [6, 6.07) is 2.08. The van der Waals surface area contributed by atoms with Crippen LogP contribution < -0.4 is 0 Å². The van der Waals surface area contributed by atoms with Crippen LogP contribution in [0.25, 0.3) is 0 Å². The van der Waals surface area contributed by atoms with Gasteiger partial charge in [-0.25, -0.2) is 0 Å². The van der Waals surface area contributed by atoms with Gasteiger partial charge in [0, 0.05) is 17.5 Å². The van der Waals surface area contributed by atoms with Crippen molar-refractivity contribution in [2.75, 3.05) is 0 Å². The van der Waals surface area contributed by atoms with Crippen LogP contribution in [0.3, 0.4) is 0 Å². The first-order chi connectivity index (χ1) is 8.49. The second-order valence-electron chi connectivity index (χ2n) is 6.27. The Balaban J connectivity index is 1.96. The van der Waals surface area contributed by atoms with Gasteiger partial charge in [0.2, 0.25) is 0 Å². The standard InChI is InChI=1S/C14H22N2O2/c1-14(2,3)13-8-11(15-16-13)7-12(18-9-17)6-10-4-5-10/h8-10,12H,4-7H2,1-3H3,(H,15,16). The van der Waals surface area contributed by atoms with E-state index >= 15 is 0 Å². The quantitative estimate of drug-likeness (QED) is 0.789. The zero-order valence-corrected chi connectivity index (χ0v) is 11.4. The Bertz CT molecular complexity index is 402. The lowest BCUT2D eigenvalue weighted by Gasteiger charge is -2.14. The van der Waals surface area contributed by atoms with Crippen LogP contribution in [-0.4, -0.2) is 22.8 Å². The predicted molar refractivity (Wildman–Crippen MR) is 69.3 cm³/mol. The van der Waals surface area contributed by atoms with E-state index in [1.54, 1.807) is 0 Å². The molecular weight excluding hydrogens is 228 g/mol. The Kier molecular flexibility index (Phi) is 3.73. The number of aromatic amines is 1. The van der Waals surface area contributed by atoms with Crippen molar-refractivity contribution in [3.8, 4) is 0 Å². The molecular formula is C14H22N2O2. The Labute approximate surface area is 108 Å². The topological polar surface area (TPSA) is 55.0 Å². The minimum Gasteiger partial charge on any atom is -0.464 e. The highest BCUT2D eigenvalue weighted by Crippen LogP contribution is 2.34. The first-order valence-electron chi connectivity index (χ1n) is 6.63. The summed E-state index contributed by atoms with van der Waals surface area (Å²) in [5, 5.41) is 7.38. The molecule has 1 aromatic heterocycles. The zero-order chi connectivity index (χ0) is 13.2. The van der Waals surface area contributed by atoms with Gasteiger partial charge in [-0.3, -0.25) is 9.89 Å². The summed E-state index contributed by atoms with van der Waals surface area (Å²) >= 11 is 0. The van der Waals surface area contributed by atoms with Gasteiger partial charge in [0.15, 0.2) is 0 Å². The van der Waals surface area contributed by atoms with Gasteiger partial charge < -0.3 is 4.74 Å². The van der Waals surface area contributed by atoms with E-state index in [4.69, 9.17) is 4.74 Å². The second-order valence-corrected chi connectivity index (χ2v) is 6.27. The number of hydrogen-bond acceptors (Lipinski definition) is 3. The molecule has 1 atom stereocenters. The minimum atomic E-state index is -0.0109. The second kappa shape index (κ2) is 5.12. The van der Waals surface area contributed by atoms with Gasteiger partial charge in [0.1, 0.15) is 6.10 Å². The maximum Gasteiger partial charge on any atom is 0.293 e. The number of hydrogen-bond donors (Lipinski definition) is 1. The van der Waals surface area contributed by atoms with Crippen molar-refractivity contribution in [2.24, 2.45) is 5.92 Å². The van der Waals surface area contributed by atoms with Gasteiger partial charge in [-0.1, -0.05) is 33.6 Å². The molecule has 1 saturated carbocycles. The summed E-state index contributed by atoms with van der Waals surface area (Å²) < 4.78 is 5.16. The number of nitrogens with zero attached hydrogens (tertiary/aromatic N) is 1. The van der Waals surface area contributed by atoms with Crippen LogP contribution in [0.2, 0.25) is 0 Å². The summed E-state index contributed by atoms with van der Waals surface area (Å²) in [5.74, 6) is 0.750. The van der Waals surface area contributed by atoms with Crippen molar-refractivity contribution in [3.63, 3.8) is 0 Å². The number of carbonyl (C=O) groups excluding carboxylic acids is 1. The number of nitrogens with one attached hydrogen (secondary N) is 1. The number of rotatable bonds is 6. The Morgan fingerprint density at radius 3 is 2.78 bits per heavy atom. The molecule has 0 spiro atoms. The average Bonchev–Trinajstić information content (AvgIpc) is 2.93. The summed E-state index contributed by atoms with van der Waals surface area (Å²) in [5.41, 5.74) is 2.15. The maximum atomic E-state index is 10.5. The van der Waals surface area contributed by atoms with E-state index in [1.165, 1.54) is 12.8 Å². The van der Waals surface area contributed by atoms with Crippen molar-refractivity contribution < 1.29 is 9.53 Å². The smallest absolute Gasteiger partial charge is 0.293 e. The van der Waals surface area contributed by atoms with Crippen LogP contribution in [0.1, 0.15) is 51.4 Å². The van der Waals surface area contributed by atoms with Crippen LogP contribution >= 0.6 is 0 Å². The molecule has 1 aromatic rings. The van der Waals surface area contributed by atoms with Gasteiger partial charge >= 0.3 is 0 Å². The van der Waals surface area contributed by atoms with Crippen LogP contribution in [0, 0.1) is 5.92 Å². The molecule has 0 aliphatic heterocycles. The van der Waals surface area contributed by atoms with Crippen molar-refractivity contribution in [1.29, 1.82) is 0 Å². The van der Waals surface area contributed by atoms with Crippen molar-refractivity contribution in [3.05, 3.63) is 17.5 Å². The number of H-pyrrole nitrogens is 1. The van der Waals surface area contributed by atoms with Crippen LogP contribution in [-0.2, 0) is 21.4 Å². The Morgan fingerprint density at radius 1 is 1.56 bits per heavy atom. The van der Waals surface area contributed by atoms with Crippen molar-refractivity contribution in [2.45, 2.75) is 58.0 Å². The molecule has 4 heteroatoms.